The molecule has 37 heavy (non-hydrogen) atoms. The second kappa shape index (κ2) is 12.5. The van der Waals surface area contributed by atoms with Gasteiger partial charge in [-0.1, -0.05) is 119 Å². The zero-order valence-corrected chi connectivity index (χ0v) is 22.9. The van der Waals surface area contributed by atoms with Crippen molar-refractivity contribution in [2.24, 2.45) is 0 Å². The highest BCUT2D eigenvalue weighted by molar-refractivity contribution is 7.47. The molecule has 4 aromatic rings. The molecule has 1 fully saturated rings. The summed E-state index contributed by atoms with van der Waals surface area (Å²) in [5.41, 5.74) is 7.57. The SMILES string of the molecule is CC(Pc1ccccc1CN1CCCCC1)c1cc(Cc2ccccc2)cc(Cc2ccccc2)c1O. The third-order valence-corrected chi connectivity index (χ3v) is 9.01. The molecule has 2 unspecified atom stereocenters. The lowest BCUT2D eigenvalue weighted by Gasteiger charge is -2.27. The highest BCUT2D eigenvalue weighted by Crippen LogP contribution is 2.41. The number of phenolic OH excluding ortho intramolecular Hbond substituents is 1. The number of piperidine rings is 1. The zero-order chi connectivity index (χ0) is 25.5. The van der Waals surface area contributed by atoms with Gasteiger partial charge in [-0.05, 0) is 65.5 Å². The fraction of sp³-hybridized carbons (Fsp3) is 0.294. The van der Waals surface area contributed by atoms with Gasteiger partial charge in [-0.15, -0.1) is 0 Å². The highest BCUT2D eigenvalue weighted by Gasteiger charge is 2.19. The van der Waals surface area contributed by atoms with Gasteiger partial charge in [0.05, 0.1) is 0 Å². The number of rotatable bonds is 9. The van der Waals surface area contributed by atoms with Gasteiger partial charge in [-0.25, -0.2) is 0 Å². The Morgan fingerprint density at radius 2 is 1.32 bits per heavy atom. The van der Waals surface area contributed by atoms with Crippen LogP contribution in [0.25, 0.3) is 0 Å². The van der Waals surface area contributed by atoms with Crippen LogP contribution in [-0.4, -0.2) is 23.1 Å². The Bertz CT molecular complexity index is 1280. The van der Waals surface area contributed by atoms with E-state index in [-0.39, 0.29) is 5.66 Å². The van der Waals surface area contributed by atoms with Gasteiger partial charge in [0.1, 0.15) is 5.75 Å². The second-order valence-electron chi connectivity index (χ2n) is 10.4. The number of benzene rings is 4. The molecular formula is C34H38NOP. The van der Waals surface area contributed by atoms with E-state index in [2.05, 4.69) is 103 Å². The summed E-state index contributed by atoms with van der Waals surface area (Å²) in [6.45, 7) is 5.73. The van der Waals surface area contributed by atoms with Crippen molar-refractivity contribution in [2.45, 2.75) is 51.2 Å². The Kier molecular flexibility index (Phi) is 8.72. The van der Waals surface area contributed by atoms with E-state index in [9.17, 15) is 5.11 Å². The third-order valence-electron chi connectivity index (χ3n) is 7.47. The number of nitrogens with zero attached hydrogens (tertiary/aromatic N) is 1. The number of likely N-dealkylation sites (tertiary alicyclic amines) is 1. The fourth-order valence-corrected chi connectivity index (χ4v) is 6.85. The first-order valence-electron chi connectivity index (χ1n) is 13.6. The van der Waals surface area contributed by atoms with Crippen LogP contribution in [0.1, 0.15) is 65.2 Å². The lowest BCUT2D eigenvalue weighted by Crippen LogP contribution is -2.30. The topological polar surface area (TPSA) is 23.5 Å². The minimum Gasteiger partial charge on any atom is -0.507 e. The van der Waals surface area contributed by atoms with Crippen LogP contribution in [0.4, 0.5) is 0 Å². The maximum atomic E-state index is 11.5. The second-order valence-corrected chi connectivity index (χ2v) is 12.1. The quantitative estimate of drug-likeness (QED) is 0.236. The lowest BCUT2D eigenvalue weighted by molar-refractivity contribution is 0.221. The zero-order valence-electron chi connectivity index (χ0n) is 21.9. The van der Waals surface area contributed by atoms with Crippen LogP contribution in [0.2, 0.25) is 0 Å². The van der Waals surface area contributed by atoms with Crippen molar-refractivity contribution >= 4 is 13.9 Å². The average molecular weight is 508 g/mol. The largest absolute Gasteiger partial charge is 0.507 e. The van der Waals surface area contributed by atoms with Crippen LogP contribution in [0.3, 0.4) is 0 Å². The monoisotopic (exact) mass is 507 g/mol. The van der Waals surface area contributed by atoms with Gasteiger partial charge in [0.15, 0.2) is 0 Å². The summed E-state index contributed by atoms with van der Waals surface area (Å²) in [7, 11) is 0.614. The van der Waals surface area contributed by atoms with Gasteiger partial charge >= 0.3 is 0 Å². The molecule has 0 amide bonds. The Hall–Kier alpha value is -2.93. The van der Waals surface area contributed by atoms with E-state index in [1.54, 1.807) is 0 Å². The standard InChI is InChI=1S/C34H38NOP/c1-26(37-33-18-10-9-17-30(33)25-35-19-11-4-12-20-35)32-24-29(21-27-13-5-2-6-14-27)23-31(34(32)36)22-28-15-7-3-8-16-28/h2-3,5-10,13-18,23-24,26,36-37H,4,11-12,19-22,25H2,1H3. The predicted molar refractivity (Wildman–Crippen MR) is 159 cm³/mol. The molecule has 3 heteroatoms. The molecule has 1 heterocycles. The number of hydrogen-bond acceptors (Lipinski definition) is 2. The van der Waals surface area contributed by atoms with E-state index in [4.69, 9.17) is 0 Å². The van der Waals surface area contributed by atoms with Gasteiger partial charge in [0.2, 0.25) is 0 Å². The van der Waals surface area contributed by atoms with Gasteiger partial charge in [0, 0.05) is 24.2 Å². The minimum absolute atomic E-state index is 0.243. The van der Waals surface area contributed by atoms with Crippen molar-refractivity contribution < 1.29 is 5.11 Å². The molecule has 2 atom stereocenters. The summed E-state index contributed by atoms with van der Waals surface area (Å²) in [4.78, 5) is 2.60. The number of aromatic hydroxyl groups is 1. The Morgan fingerprint density at radius 1 is 0.703 bits per heavy atom. The summed E-state index contributed by atoms with van der Waals surface area (Å²) in [6.07, 6.45) is 5.60. The molecule has 0 bridgehead atoms. The number of phenols is 1. The van der Waals surface area contributed by atoms with Gasteiger partial charge in [-0.3, -0.25) is 4.90 Å². The molecule has 0 saturated carbocycles. The van der Waals surface area contributed by atoms with Crippen LogP contribution in [0.15, 0.2) is 97.1 Å². The minimum atomic E-state index is 0.243. The molecule has 1 N–H and O–H groups in total. The van der Waals surface area contributed by atoms with E-state index in [1.165, 1.54) is 59.9 Å². The van der Waals surface area contributed by atoms with Crippen LogP contribution in [0, 0.1) is 0 Å². The molecule has 0 spiro atoms. The Morgan fingerprint density at radius 3 is 2.03 bits per heavy atom. The van der Waals surface area contributed by atoms with Gasteiger partial charge < -0.3 is 5.11 Å². The molecule has 190 valence electrons. The molecular weight excluding hydrogens is 469 g/mol. The first kappa shape index (κ1) is 25.7. The van der Waals surface area contributed by atoms with Crippen LogP contribution < -0.4 is 5.30 Å². The van der Waals surface area contributed by atoms with Crippen LogP contribution in [0.5, 0.6) is 5.75 Å². The maximum Gasteiger partial charge on any atom is 0.122 e. The molecule has 4 aromatic carbocycles. The van der Waals surface area contributed by atoms with E-state index in [1.807, 2.05) is 6.07 Å². The smallest absolute Gasteiger partial charge is 0.122 e. The third kappa shape index (κ3) is 6.89. The fourth-order valence-electron chi connectivity index (χ4n) is 5.47. The molecule has 0 radical (unpaired) electrons. The molecule has 5 rings (SSSR count). The maximum absolute atomic E-state index is 11.5. The van der Waals surface area contributed by atoms with Gasteiger partial charge in [-0.2, -0.15) is 0 Å². The van der Waals surface area contributed by atoms with Crippen molar-refractivity contribution in [3.63, 3.8) is 0 Å². The Balaban J connectivity index is 1.43. The summed E-state index contributed by atoms with van der Waals surface area (Å²) in [5.74, 6) is 0.467. The summed E-state index contributed by atoms with van der Waals surface area (Å²) in [5, 5.41) is 12.9. The van der Waals surface area contributed by atoms with Gasteiger partial charge in [0.25, 0.3) is 0 Å². The Labute approximate surface area is 224 Å². The van der Waals surface area contributed by atoms with Crippen molar-refractivity contribution in [2.75, 3.05) is 13.1 Å². The predicted octanol–water partition coefficient (Wildman–Crippen LogP) is 7.62. The first-order chi connectivity index (χ1) is 18.2. The van der Waals surface area contributed by atoms with Crippen molar-refractivity contribution in [3.8, 4) is 5.75 Å². The average Bonchev–Trinajstić information content (AvgIpc) is 2.93. The molecule has 0 aromatic heterocycles. The summed E-state index contributed by atoms with van der Waals surface area (Å²) < 4.78 is 0. The van der Waals surface area contributed by atoms with E-state index in [0.29, 0.717) is 14.3 Å². The first-order valence-corrected chi connectivity index (χ1v) is 14.7. The molecule has 2 nitrogen and oxygen atoms in total. The summed E-state index contributed by atoms with van der Waals surface area (Å²) >= 11 is 0. The van der Waals surface area contributed by atoms with Crippen molar-refractivity contribution in [1.29, 1.82) is 0 Å². The van der Waals surface area contributed by atoms with Crippen molar-refractivity contribution in [1.82, 2.24) is 4.90 Å². The van der Waals surface area contributed by atoms with E-state index >= 15 is 0 Å². The van der Waals surface area contributed by atoms with Crippen LogP contribution in [-0.2, 0) is 19.4 Å². The molecule has 1 aliphatic rings. The molecule has 1 saturated heterocycles. The normalized spacial score (nSPS) is 15.3. The van der Waals surface area contributed by atoms with Crippen LogP contribution >= 0.6 is 8.58 Å². The molecule has 1 aliphatic heterocycles. The number of hydrogen-bond donors (Lipinski definition) is 1. The van der Waals surface area contributed by atoms with E-state index < -0.39 is 0 Å². The lowest BCUT2D eigenvalue weighted by atomic mass is 9.94. The van der Waals surface area contributed by atoms with E-state index in [0.717, 1.165) is 30.5 Å². The summed E-state index contributed by atoms with van der Waals surface area (Å²) in [6, 6.07) is 34.5. The van der Waals surface area contributed by atoms with Crippen molar-refractivity contribution in [3.05, 3.63) is 130 Å². The molecule has 0 aliphatic carbocycles. The highest BCUT2D eigenvalue weighted by atomic mass is 31.1.